The topological polar surface area (TPSA) is 42.2 Å². The highest BCUT2D eigenvalue weighted by Gasteiger charge is 2.15. The van der Waals surface area contributed by atoms with Crippen molar-refractivity contribution in [2.45, 2.75) is 13.5 Å². The Bertz CT molecular complexity index is 737. The molecule has 3 nitrogen and oxygen atoms in total. The van der Waals surface area contributed by atoms with Crippen molar-refractivity contribution in [3.05, 3.63) is 58.6 Å². The van der Waals surface area contributed by atoms with Crippen molar-refractivity contribution in [1.82, 2.24) is 4.57 Å². The van der Waals surface area contributed by atoms with Crippen LogP contribution in [0.3, 0.4) is 0 Å². The van der Waals surface area contributed by atoms with Crippen LogP contribution in [0.2, 0.25) is 0 Å². The molecule has 0 amide bonds. The molecule has 0 saturated heterocycles. The highest BCUT2D eigenvalue weighted by molar-refractivity contribution is 7.16. The van der Waals surface area contributed by atoms with E-state index < -0.39 is 5.97 Å². The van der Waals surface area contributed by atoms with Gasteiger partial charge in [-0.05, 0) is 30.0 Å². The Labute approximate surface area is 114 Å². The second kappa shape index (κ2) is 4.55. The van der Waals surface area contributed by atoms with E-state index in [9.17, 15) is 9.90 Å². The lowest BCUT2D eigenvalue weighted by atomic mass is 10.1. The molecule has 0 atom stereocenters. The second-order valence-corrected chi connectivity index (χ2v) is 5.48. The molecule has 3 rings (SSSR count). The number of thiophene rings is 1. The first-order valence-corrected chi connectivity index (χ1v) is 6.88. The number of rotatable bonds is 3. The van der Waals surface area contributed by atoms with E-state index in [1.54, 1.807) is 17.4 Å². The highest BCUT2D eigenvalue weighted by Crippen LogP contribution is 2.26. The van der Waals surface area contributed by atoms with Gasteiger partial charge in [0, 0.05) is 11.9 Å². The number of benzene rings is 1. The second-order valence-electron chi connectivity index (χ2n) is 4.59. The lowest BCUT2D eigenvalue weighted by Crippen LogP contribution is -2.08. The summed E-state index contributed by atoms with van der Waals surface area (Å²) >= 11 is 1.57. The summed E-state index contributed by atoms with van der Waals surface area (Å²) in [5.41, 5.74) is 2.66. The average Bonchev–Trinajstić information content (AvgIpc) is 2.94. The molecule has 2 heterocycles. The molecule has 96 valence electrons. The molecule has 0 bridgehead atoms. The van der Waals surface area contributed by atoms with Gasteiger partial charge in [0.2, 0.25) is 0 Å². The zero-order chi connectivity index (χ0) is 13.4. The minimum Gasteiger partial charge on any atom is -0.477 e. The smallest absolute Gasteiger partial charge is 0.352 e. The van der Waals surface area contributed by atoms with Crippen molar-refractivity contribution in [1.29, 1.82) is 0 Å². The van der Waals surface area contributed by atoms with E-state index in [2.05, 4.69) is 0 Å². The normalized spacial score (nSPS) is 11.0. The molecule has 0 unspecified atom stereocenters. The zero-order valence-electron chi connectivity index (χ0n) is 10.5. The van der Waals surface area contributed by atoms with Crippen molar-refractivity contribution in [2.24, 2.45) is 0 Å². The molecule has 1 N–H and O–H groups in total. The van der Waals surface area contributed by atoms with Gasteiger partial charge in [-0.15, -0.1) is 11.3 Å². The molecule has 0 aliphatic heterocycles. The van der Waals surface area contributed by atoms with Gasteiger partial charge in [0.25, 0.3) is 0 Å². The van der Waals surface area contributed by atoms with Crippen LogP contribution in [0.5, 0.6) is 0 Å². The molecule has 0 aliphatic rings. The number of hydrogen-bond acceptors (Lipinski definition) is 2. The largest absolute Gasteiger partial charge is 0.477 e. The van der Waals surface area contributed by atoms with Crippen LogP contribution in [0, 0.1) is 6.92 Å². The van der Waals surface area contributed by atoms with Crippen LogP contribution >= 0.6 is 11.3 Å². The number of aromatic nitrogens is 1. The van der Waals surface area contributed by atoms with Gasteiger partial charge in [0.15, 0.2) is 0 Å². The van der Waals surface area contributed by atoms with Gasteiger partial charge in [0.1, 0.15) is 10.5 Å². The first-order valence-electron chi connectivity index (χ1n) is 6.01. The Kier molecular flexibility index (Phi) is 2.87. The maximum atomic E-state index is 11.3. The third kappa shape index (κ3) is 2.15. The van der Waals surface area contributed by atoms with E-state index in [-0.39, 0.29) is 0 Å². The number of hydrogen-bond donors (Lipinski definition) is 1. The molecule has 19 heavy (non-hydrogen) atoms. The minimum atomic E-state index is -0.879. The molecular weight excluding hydrogens is 258 g/mol. The number of aryl methyl sites for hydroxylation is 1. The number of carboxylic acid groups (broad SMARTS) is 1. The van der Waals surface area contributed by atoms with Gasteiger partial charge in [0.05, 0.1) is 0 Å². The molecule has 0 radical (unpaired) electrons. The predicted octanol–water partition coefficient (Wildman–Crippen LogP) is 3.76. The molecule has 0 spiro atoms. The summed E-state index contributed by atoms with van der Waals surface area (Å²) in [5.74, 6) is -0.879. The number of carbonyl (C=O) groups is 1. The molecule has 1 aromatic carbocycles. The van der Waals surface area contributed by atoms with Crippen molar-refractivity contribution < 1.29 is 9.90 Å². The van der Waals surface area contributed by atoms with E-state index in [1.165, 1.54) is 5.56 Å². The summed E-state index contributed by atoms with van der Waals surface area (Å²) in [7, 11) is 0. The van der Waals surface area contributed by atoms with E-state index in [0.717, 1.165) is 15.8 Å². The first-order chi connectivity index (χ1) is 9.15. The Morgan fingerprint density at radius 2 is 2.00 bits per heavy atom. The van der Waals surface area contributed by atoms with Gasteiger partial charge in [-0.1, -0.05) is 29.8 Å². The summed E-state index contributed by atoms with van der Waals surface area (Å²) in [6.07, 6.45) is 0. The molecule has 3 aromatic rings. The summed E-state index contributed by atoms with van der Waals surface area (Å²) in [4.78, 5) is 12.3. The van der Waals surface area contributed by atoms with Gasteiger partial charge in [-0.3, -0.25) is 0 Å². The van der Waals surface area contributed by atoms with Crippen LogP contribution in [0.25, 0.3) is 10.2 Å². The van der Waals surface area contributed by atoms with Gasteiger partial charge in [-0.25, -0.2) is 4.79 Å². The molecule has 0 fully saturated rings. The number of carboxylic acids is 1. The minimum absolute atomic E-state index is 0.349. The number of fused-ring (bicyclic) bond motifs is 1. The van der Waals surface area contributed by atoms with Gasteiger partial charge >= 0.3 is 5.97 Å². The first kappa shape index (κ1) is 12.0. The third-order valence-electron chi connectivity index (χ3n) is 3.18. The Hall–Kier alpha value is -2.07. The maximum absolute atomic E-state index is 11.3. The van der Waals surface area contributed by atoms with Crippen LogP contribution in [0.15, 0.2) is 41.8 Å². The Morgan fingerprint density at radius 3 is 2.68 bits per heavy atom. The number of nitrogens with zero attached hydrogens (tertiary/aromatic N) is 1. The van der Waals surface area contributed by atoms with Crippen molar-refractivity contribution in [3.8, 4) is 0 Å². The maximum Gasteiger partial charge on any atom is 0.352 e. The Balaban J connectivity index is 2.07. The lowest BCUT2D eigenvalue weighted by molar-refractivity contribution is 0.0686. The van der Waals surface area contributed by atoms with Crippen LogP contribution < -0.4 is 0 Å². The fourth-order valence-corrected chi connectivity index (χ4v) is 3.08. The van der Waals surface area contributed by atoms with E-state index in [1.807, 2.05) is 47.2 Å². The van der Waals surface area contributed by atoms with E-state index in [0.29, 0.717) is 12.2 Å². The monoisotopic (exact) mass is 271 g/mol. The van der Waals surface area contributed by atoms with Crippen LogP contribution in [-0.2, 0) is 6.54 Å². The van der Waals surface area contributed by atoms with Gasteiger partial charge in [-0.2, -0.15) is 0 Å². The Morgan fingerprint density at radius 1 is 1.26 bits per heavy atom. The van der Waals surface area contributed by atoms with E-state index in [4.69, 9.17) is 0 Å². The molecule has 0 saturated carbocycles. The molecule has 2 aromatic heterocycles. The molecule has 0 aliphatic carbocycles. The van der Waals surface area contributed by atoms with Crippen LogP contribution in [0.1, 0.15) is 21.6 Å². The fourth-order valence-electron chi connectivity index (χ4n) is 2.19. The zero-order valence-corrected chi connectivity index (χ0v) is 11.3. The summed E-state index contributed by atoms with van der Waals surface area (Å²) in [6.45, 7) is 2.63. The van der Waals surface area contributed by atoms with Crippen LogP contribution in [-0.4, -0.2) is 15.6 Å². The van der Waals surface area contributed by atoms with Crippen LogP contribution in [0.4, 0.5) is 0 Å². The lowest BCUT2D eigenvalue weighted by Gasteiger charge is -2.07. The molecular formula is C15H13NO2S. The SMILES string of the molecule is Cc1ccc(Cn2c(C(=O)O)cc3ccsc32)cc1. The molecule has 4 heteroatoms. The average molecular weight is 271 g/mol. The fraction of sp³-hybridized carbons (Fsp3) is 0.133. The standard InChI is InChI=1S/C15H13NO2S/c1-10-2-4-11(5-3-10)9-16-13(15(17)18)8-12-6-7-19-14(12)16/h2-8H,9H2,1H3,(H,17,18). The summed E-state index contributed by atoms with van der Waals surface area (Å²) < 4.78 is 1.87. The summed E-state index contributed by atoms with van der Waals surface area (Å²) in [6, 6.07) is 11.9. The van der Waals surface area contributed by atoms with Crippen molar-refractivity contribution >= 4 is 27.5 Å². The quantitative estimate of drug-likeness (QED) is 0.788. The number of aromatic carboxylic acids is 1. The third-order valence-corrected chi connectivity index (χ3v) is 4.13. The van der Waals surface area contributed by atoms with Crippen molar-refractivity contribution in [3.63, 3.8) is 0 Å². The summed E-state index contributed by atoms with van der Waals surface area (Å²) in [5, 5.41) is 12.3. The predicted molar refractivity (Wildman–Crippen MR) is 77.1 cm³/mol. The van der Waals surface area contributed by atoms with Gasteiger partial charge < -0.3 is 9.67 Å². The van der Waals surface area contributed by atoms with E-state index >= 15 is 0 Å². The van der Waals surface area contributed by atoms with Crippen molar-refractivity contribution in [2.75, 3.05) is 0 Å². The highest BCUT2D eigenvalue weighted by atomic mass is 32.1.